The average Bonchev–Trinajstić information content (AvgIpc) is 2.63. The van der Waals surface area contributed by atoms with E-state index in [0.29, 0.717) is 5.92 Å². The molecule has 0 spiro atoms. The quantitative estimate of drug-likeness (QED) is 0.668. The van der Waals surface area contributed by atoms with Crippen molar-refractivity contribution in [2.24, 2.45) is 5.92 Å². The molecule has 0 atom stereocenters. The first-order valence-electron chi connectivity index (χ1n) is 8.87. The minimum atomic E-state index is 0.283. The summed E-state index contributed by atoms with van der Waals surface area (Å²) in [6.45, 7) is 5.21. The van der Waals surface area contributed by atoms with Crippen molar-refractivity contribution in [2.45, 2.75) is 26.2 Å². The van der Waals surface area contributed by atoms with Gasteiger partial charge in [-0.1, -0.05) is 74.5 Å². The van der Waals surface area contributed by atoms with Crippen molar-refractivity contribution in [3.8, 4) is 0 Å². The second-order valence-electron chi connectivity index (χ2n) is 6.75. The van der Waals surface area contributed by atoms with Crippen LogP contribution in [0.15, 0.2) is 73.1 Å². The third-order valence-electron chi connectivity index (χ3n) is 4.23. The van der Waals surface area contributed by atoms with E-state index in [-0.39, 0.29) is 5.92 Å². The molecule has 0 saturated heterocycles. The molecule has 1 N–H and O–H groups in total. The molecule has 0 aliphatic rings. The van der Waals surface area contributed by atoms with E-state index in [9.17, 15) is 0 Å². The van der Waals surface area contributed by atoms with E-state index in [1.807, 2.05) is 0 Å². The summed E-state index contributed by atoms with van der Waals surface area (Å²) in [4.78, 5) is 8.76. The molecule has 0 amide bonds. The van der Waals surface area contributed by atoms with Crippen LogP contribution in [-0.2, 0) is 6.42 Å². The Kier molecular flexibility index (Phi) is 5.78. The van der Waals surface area contributed by atoms with E-state index in [1.165, 1.54) is 11.1 Å². The molecule has 1 aromatic heterocycles. The third-order valence-corrected chi connectivity index (χ3v) is 4.23. The largest absolute Gasteiger partial charge is 0.369 e. The van der Waals surface area contributed by atoms with Gasteiger partial charge in [-0.25, -0.2) is 9.97 Å². The molecule has 2 aromatic carbocycles. The van der Waals surface area contributed by atoms with E-state index in [4.69, 9.17) is 0 Å². The Hall–Kier alpha value is -2.68. The maximum absolute atomic E-state index is 4.38. The molecule has 1 heterocycles. The zero-order valence-corrected chi connectivity index (χ0v) is 14.9. The van der Waals surface area contributed by atoms with Gasteiger partial charge < -0.3 is 5.32 Å². The molecule has 0 unspecified atom stereocenters. The van der Waals surface area contributed by atoms with E-state index in [2.05, 4.69) is 95.9 Å². The van der Waals surface area contributed by atoms with Crippen LogP contribution in [0.4, 0.5) is 5.82 Å². The highest BCUT2D eigenvalue weighted by Gasteiger charge is 2.14. The van der Waals surface area contributed by atoms with E-state index < -0.39 is 0 Å². The lowest BCUT2D eigenvalue weighted by Crippen LogP contribution is -2.15. The zero-order chi connectivity index (χ0) is 17.5. The summed E-state index contributed by atoms with van der Waals surface area (Å²) in [6, 6.07) is 23.3. The van der Waals surface area contributed by atoms with Crippen LogP contribution >= 0.6 is 0 Å². The number of nitrogens with zero attached hydrogens (tertiary/aromatic N) is 2. The highest BCUT2D eigenvalue weighted by molar-refractivity contribution is 5.39. The fraction of sp³-hybridized carbons (Fsp3) is 0.273. The number of rotatable bonds is 7. The van der Waals surface area contributed by atoms with Crippen LogP contribution in [0.5, 0.6) is 0 Å². The van der Waals surface area contributed by atoms with Crippen LogP contribution in [0.1, 0.15) is 36.6 Å². The number of hydrogen-bond donors (Lipinski definition) is 1. The molecule has 0 aliphatic heterocycles. The second-order valence-corrected chi connectivity index (χ2v) is 6.75. The van der Waals surface area contributed by atoms with E-state index >= 15 is 0 Å². The molecule has 3 heteroatoms. The highest BCUT2D eigenvalue weighted by Crippen LogP contribution is 2.25. The zero-order valence-electron chi connectivity index (χ0n) is 14.9. The SMILES string of the molecule is CC(C)Cc1cc(NCC(c2ccccc2)c2ccccc2)ncn1. The van der Waals surface area contributed by atoms with Gasteiger partial charge in [-0.05, 0) is 23.5 Å². The highest BCUT2D eigenvalue weighted by atomic mass is 15.0. The normalized spacial score (nSPS) is 11.0. The minimum Gasteiger partial charge on any atom is -0.369 e. The number of hydrogen-bond acceptors (Lipinski definition) is 3. The van der Waals surface area contributed by atoms with Crippen LogP contribution in [-0.4, -0.2) is 16.5 Å². The number of aromatic nitrogens is 2. The predicted molar refractivity (Wildman–Crippen MR) is 104 cm³/mol. The predicted octanol–water partition coefficient (Wildman–Crippen LogP) is 4.92. The Labute approximate surface area is 150 Å². The van der Waals surface area contributed by atoms with Crippen molar-refractivity contribution in [3.63, 3.8) is 0 Å². The number of nitrogens with one attached hydrogen (secondary N) is 1. The lowest BCUT2D eigenvalue weighted by molar-refractivity contribution is 0.634. The van der Waals surface area contributed by atoms with Gasteiger partial charge in [-0.3, -0.25) is 0 Å². The van der Waals surface area contributed by atoms with Crippen LogP contribution in [0.25, 0.3) is 0 Å². The summed E-state index contributed by atoms with van der Waals surface area (Å²) in [5.41, 5.74) is 3.69. The first-order chi connectivity index (χ1) is 12.2. The molecule has 128 valence electrons. The van der Waals surface area contributed by atoms with Crippen molar-refractivity contribution in [2.75, 3.05) is 11.9 Å². The van der Waals surface area contributed by atoms with Crippen LogP contribution in [0.3, 0.4) is 0 Å². The smallest absolute Gasteiger partial charge is 0.129 e. The van der Waals surface area contributed by atoms with Crippen molar-refractivity contribution in [3.05, 3.63) is 89.9 Å². The standard InChI is InChI=1S/C22H25N3/c1-17(2)13-20-14-22(25-16-24-20)23-15-21(18-9-5-3-6-10-18)19-11-7-4-8-12-19/h3-12,14,16-17,21H,13,15H2,1-2H3,(H,23,24,25). The van der Waals surface area contributed by atoms with Gasteiger partial charge >= 0.3 is 0 Å². The minimum absolute atomic E-state index is 0.283. The lowest BCUT2D eigenvalue weighted by atomic mass is 9.91. The molecule has 0 bridgehead atoms. The van der Waals surface area contributed by atoms with Crippen molar-refractivity contribution < 1.29 is 0 Å². The summed E-state index contributed by atoms with van der Waals surface area (Å²) in [7, 11) is 0. The van der Waals surface area contributed by atoms with Crippen LogP contribution in [0.2, 0.25) is 0 Å². The van der Waals surface area contributed by atoms with Gasteiger partial charge in [0.1, 0.15) is 12.1 Å². The van der Waals surface area contributed by atoms with Gasteiger partial charge in [-0.15, -0.1) is 0 Å². The van der Waals surface area contributed by atoms with Gasteiger partial charge in [0.2, 0.25) is 0 Å². The van der Waals surface area contributed by atoms with E-state index in [1.54, 1.807) is 6.33 Å². The number of anilines is 1. The Morgan fingerprint density at radius 1 is 0.840 bits per heavy atom. The molecule has 3 aromatic rings. The molecular weight excluding hydrogens is 306 g/mol. The Morgan fingerprint density at radius 2 is 1.44 bits per heavy atom. The fourth-order valence-electron chi connectivity index (χ4n) is 3.03. The van der Waals surface area contributed by atoms with Crippen molar-refractivity contribution in [1.29, 1.82) is 0 Å². The van der Waals surface area contributed by atoms with Gasteiger partial charge in [0.25, 0.3) is 0 Å². The van der Waals surface area contributed by atoms with Gasteiger partial charge in [0.05, 0.1) is 0 Å². The summed E-state index contributed by atoms with van der Waals surface area (Å²) in [5.74, 6) is 1.76. The maximum Gasteiger partial charge on any atom is 0.129 e. The van der Waals surface area contributed by atoms with Gasteiger partial charge in [0, 0.05) is 24.2 Å². The molecule has 0 fully saturated rings. The lowest BCUT2D eigenvalue weighted by Gasteiger charge is -2.19. The molecular formula is C22H25N3. The third kappa shape index (κ3) is 4.90. The Morgan fingerprint density at radius 3 is 2.00 bits per heavy atom. The molecule has 0 saturated carbocycles. The summed E-state index contributed by atoms with van der Waals surface area (Å²) in [5, 5.41) is 3.50. The number of benzene rings is 2. The van der Waals surface area contributed by atoms with Crippen molar-refractivity contribution >= 4 is 5.82 Å². The molecule has 3 rings (SSSR count). The van der Waals surface area contributed by atoms with Crippen LogP contribution < -0.4 is 5.32 Å². The molecule has 0 aliphatic carbocycles. The molecule has 25 heavy (non-hydrogen) atoms. The summed E-state index contributed by atoms with van der Waals surface area (Å²) in [6.07, 6.45) is 2.62. The Balaban J connectivity index is 1.78. The van der Waals surface area contributed by atoms with Gasteiger partial charge in [0.15, 0.2) is 0 Å². The fourth-order valence-corrected chi connectivity index (χ4v) is 3.03. The Bertz CT molecular complexity index is 730. The molecule has 3 nitrogen and oxygen atoms in total. The first-order valence-corrected chi connectivity index (χ1v) is 8.87. The maximum atomic E-state index is 4.38. The van der Waals surface area contributed by atoms with Crippen molar-refractivity contribution in [1.82, 2.24) is 9.97 Å². The average molecular weight is 331 g/mol. The first kappa shape index (κ1) is 17.2. The van der Waals surface area contributed by atoms with Crippen LogP contribution in [0, 0.1) is 5.92 Å². The van der Waals surface area contributed by atoms with E-state index in [0.717, 1.165) is 24.5 Å². The summed E-state index contributed by atoms with van der Waals surface area (Å²) < 4.78 is 0. The van der Waals surface area contributed by atoms with Gasteiger partial charge in [-0.2, -0.15) is 0 Å². The molecule has 0 radical (unpaired) electrons. The second kappa shape index (κ2) is 8.43. The topological polar surface area (TPSA) is 37.8 Å². The summed E-state index contributed by atoms with van der Waals surface area (Å²) >= 11 is 0. The monoisotopic (exact) mass is 331 g/mol.